The van der Waals surface area contributed by atoms with E-state index in [9.17, 15) is 10.1 Å². The molecule has 0 saturated carbocycles. The maximum atomic E-state index is 12.1. The van der Waals surface area contributed by atoms with E-state index >= 15 is 0 Å². The molecule has 1 aliphatic rings. The van der Waals surface area contributed by atoms with Crippen molar-refractivity contribution in [3.8, 4) is 6.07 Å². The van der Waals surface area contributed by atoms with E-state index in [-0.39, 0.29) is 11.7 Å². The van der Waals surface area contributed by atoms with Gasteiger partial charge in [-0.3, -0.25) is 4.79 Å². The summed E-state index contributed by atoms with van der Waals surface area (Å²) in [5.74, 6) is -0.114. The highest BCUT2D eigenvalue weighted by Gasteiger charge is 2.24. The highest BCUT2D eigenvalue weighted by Crippen LogP contribution is 2.37. The minimum Gasteiger partial charge on any atom is -0.396 e. The molecule has 1 fully saturated rings. The second-order valence-electron chi connectivity index (χ2n) is 5.35. The largest absolute Gasteiger partial charge is 0.396 e. The van der Waals surface area contributed by atoms with Gasteiger partial charge in [-0.25, -0.2) is 0 Å². The molecule has 1 saturated heterocycles. The SMILES string of the molecule is CC(C)C(=O)c1sc(NC2CCNCC2)c(C#N)c1N. The zero-order chi connectivity index (χ0) is 14.7. The zero-order valence-corrected chi connectivity index (χ0v) is 12.6. The monoisotopic (exact) mass is 292 g/mol. The second kappa shape index (κ2) is 6.25. The molecule has 108 valence electrons. The molecule has 0 aromatic carbocycles. The van der Waals surface area contributed by atoms with Crippen molar-refractivity contribution in [1.82, 2.24) is 5.32 Å². The number of nitrogens with two attached hydrogens (primary N) is 1. The number of hydrogen-bond acceptors (Lipinski definition) is 6. The van der Waals surface area contributed by atoms with Crippen LogP contribution >= 0.6 is 11.3 Å². The molecule has 0 unspecified atom stereocenters. The van der Waals surface area contributed by atoms with Crippen LogP contribution in [0.1, 0.15) is 41.9 Å². The van der Waals surface area contributed by atoms with Crippen LogP contribution in [0, 0.1) is 17.2 Å². The van der Waals surface area contributed by atoms with Crippen molar-refractivity contribution in [2.75, 3.05) is 24.1 Å². The van der Waals surface area contributed by atoms with Crippen LogP contribution in [-0.4, -0.2) is 24.9 Å². The maximum absolute atomic E-state index is 12.1. The summed E-state index contributed by atoms with van der Waals surface area (Å²) in [7, 11) is 0. The number of thiophene rings is 1. The lowest BCUT2D eigenvalue weighted by atomic mass is 10.1. The normalized spacial score (nSPS) is 16.1. The highest BCUT2D eigenvalue weighted by atomic mass is 32.1. The fraction of sp³-hybridized carbons (Fsp3) is 0.571. The van der Waals surface area contributed by atoms with E-state index in [2.05, 4.69) is 16.7 Å². The Morgan fingerprint density at radius 2 is 2.15 bits per heavy atom. The number of nitriles is 1. The number of nitrogens with one attached hydrogen (secondary N) is 2. The molecular weight excluding hydrogens is 272 g/mol. The first-order valence-electron chi connectivity index (χ1n) is 6.88. The van der Waals surface area contributed by atoms with Crippen LogP contribution < -0.4 is 16.4 Å². The molecule has 0 aliphatic carbocycles. The van der Waals surface area contributed by atoms with Crippen molar-refractivity contribution in [3.05, 3.63) is 10.4 Å². The Kier molecular flexibility index (Phi) is 4.63. The Morgan fingerprint density at radius 3 is 2.70 bits per heavy atom. The van der Waals surface area contributed by atoms with Crippen LogP contribution in [-0.2, 0) is 0 Å². The lowest BCUT2D eigenvalue weighted by Crippen LogP contribution is -2.35. The minimum absolute atomic E-state index is 0.00219. The van der Waals surface area contributed by atoms with Gasteiger partial charge in [0.1, 0.15) is 16.6 Å². The molecular formula is C14H20N4OS. The number of ketones is 1. The van der Waals surface area contributed by atoms with Gasteiger partial charge in [0.05, 0.1) is 10.6 Å². The number of carbonyl (C=O) groups excluding carboxylic acids is 1. The van der Waals surface area contributed by atoms with E-state index in [1.807, 2.05) is 13.8 Å². The molecule has 0 spiro atoms. The topological polar surface area (TPSA) is 90.9 Å². The van der Waals surface area contributed by atoms with Crippen LogP contribution in [0.3, 0.4) is 0 Å². The van der Waals surface area contributed by atoms with Gasteiger partial charge in [0.15, 0.2) is 5.78 Å². The Hall–Kier alpha value is -1.58. The Balaban J connectivity index is 2.26. The van der Waals surface area contributed by atoms with Crippen LogP contribution in [0.15, 0.2) is 0 Å². The number of carbonyl (C=O) groups is 1. The predicted molar refractivity (Wildman–Crippen MR) is 82.1 cm³/mol. The number of nitrogens with zero attached hydrogens (tertiary/aromatic N) is 1. The molecule has 1 aromatic rings. The Morgan fingerprint density at radius 1 is 1.50 bits per heavy atom. The maximum Gasteiger partial charge on any atom is 0.177 e. The van der Waals surface area contributed by atoms with Gasteiger partial charge in [-0.15, -0.1) is 11.3 Å². The number of piperidine rings is 1. The summed E-state index contributed by atoms with van der Waals surface area (Å²) >= 11 is 1.31. The summed E-state index contributed by atoms with van der Waals surface area (Å²) in [5.41, 5.74) is 6.71. The number of rotatable bonds is 4. The molecule has 2 rings (SSSR count). The zero-order valence-electron chi connectivity index (χ0n) is 11.8. The average molecular weight is 292 g/mol. The molecule has 2 heterocycles. The molecule has 0 bridgehead atoms. The molecule has 0 radical (unpaired) electrons. The van der Waals surface area contributed by atoms with Gasteiger partial charge in [-0.2, -0.15) is 5.26 Å². The fourth-order valence-corrected chi connectivity index (χ4v) is 3.49. The van der Waals surface area contributed by atoms with E-state index in [1.54, 1.807) is 0 Å². The lowest BCUT2D eigenvalue weighted by Gasteiger charge is -2.24. The lowest BCUT2D eigenvalue weighted by molar-refractivity contribution is 0.0944. The molecule has 1 aromatic heterocycles. The fourth-order valence-electron chi connectivity index (χ4n) is 2.25. The summed E-state index contributed by atoms with van der Waals surface area (Å²) in [6, 6.07) is 2.46. The molecule has 4 N–H and O–H groups in total. The van der Waals surface area contributed by atoms with Crippen molar-refractivity contribution in [3.63, 3.8) is 0 Å². The van der Waals surface area contributed by atoms with Crippen molar-refractivity contribution in [1.29, 1.82) is 5.26 Å². The number of nitrogen functional groups attached to an aromatic ring is 1. The predicted octanol–water partition coefficient (Wildman–Crippen LogP) is 2.20. The quantitative estimate of drug-likeness (QED) is 0.740. The molecule has 0 amide bonds. The van der Waals surface area contributed by atoms with Crippen molar-refractivity contribution >= 4 is 27.8 Å². The molecule has 0 atom stereocenters. The van der Waals surface area contributed by atoms with E-state index in [0.29, 0.717) is 22.2 Å². The van der Waals surface area contributed by atoms with Gasteiger partial charge >= 0.3 is 0 Å². The summed E-state index contributed by atoms with van der Waals surface area (Å²) in [6.45, 7) is 5.62. The van der Waals surface area contributed by atoms with E-state index in [4.69, 9.17) is 5.73 Å². The minimum atomic E-state index is -0.116. The number of Topliss-reactive ketones (excluding diaryl/α,β-unsaturated/α-hetero) is 1. The van der Waals surface area contributed by atoms with Gasteiger partial charge in [0.2, 0.25) is 0 Å². The first kappa shape index (κ1) is 14.8. The summed E-state index contributed by atoms with van der Waals surface area (Å²) in [4.78, 5) is 12.6. The van der Waals surface area contributed by atoms with Crippen LogP contribution in [0.2, 0.25) is 0 Å². The van der Waals surface area contributed by atoms with Crippen LogP contribution in [0.25, 0.3) is 0 Å². The van der Waals surface area contributed by atoms with Crippen LogP contribution in [0.4, 0.5) is 10.7 Å². The van der Waals surface area contributed by atoms with Gasteiger partial charge in [0.25, 0.3) is 0 Å². The van der Waals surface area contributed by atoms with Gasteiger partial charge in [-0.05, 0) is 25.9 Å². The summed E-state index contributed by atoms with van der Waals surface area (Å²) in [5, 5.41) is 16.7. The van der Waals surface area contributed by atoms with E-state index in [1.165, 1.54) is 11.3 Å². The van der Waals surface area contributed by atoms with Crippen LogP contribution in [0.5, 0.6) is 0 Å². The summed E-state index contributed by atoms with van der Waals surface area (Å²) < 4.78 is 0. The second-order valence-corrected chi connectivity index (χ2v) is 6.37. The third-order valence-corrected chi connectivity index (χ3v) is 4.63. The Labute approximate surface area is 123 Å². The van der Waals surface area contributed by atoms with Gasteiger partial charge in [-0.1, -0.05) is 13.8 Å². The summed E-state index contributed by atoms with van der Waals surface area (Å²) in [6.07, 6.45) is 2.02. The van der Waals surface area contributed by atoms with Crippen molar-refractivity contribution in [2.24, 2.45) is 5.92 Å². The standard InChI is InChI=1S/C14H20N4OS/c1-8(2)12(19)13-11(16)10(7-15)14(20-13)18-9-3-5-17-6-4-9/h8-9,17-18H,3-6,16H2,1-2H3. The van der Waals surface area contributed by atoms with Crippen molar-refractivity contribution < 1.29 is 4.79 Å². The first-order chi connectivity index (χ1) is 9.54. The first-order valence-corrected chi connectivity index (χ1v) is 7.70. The molecule has 6 heteroatoms. The van der Waals surface area contributed by atoms with E-state index in [0.717, 1.165) is 30.9 Å². The highest BCUT2D eigenvalue weighted by molar-refractivity contribution is 7.19. The van der Waals surface area contributed by atoms with Crippen molar-refractivity contribution in [2.45, 2.75) is 32.7 Å². The van der Waals surface area contributed by atoms with Gasteiger partial charge < -0.3 is 16.4 Å². The van der Waals surface area contributed by atoms with E-state index < -0.39 is 0 Å². The van der Waals surface area contributed by atoms with Gasteiger partial charge in [0, 0.05) is 12.0 Å². The molecule has 1 aliphatic heterocycles. The molecule has 5 nitrogen and oxygen atoms in total. The average Bonchev–Trinajstić information content (AvgIpc) is 2.75. The smallest absolute Gasteiger partial charge is 0.177 e. The number of anilines is 2. The Bertz CT molecular complexity index is 538. The number of hydrogen-bond donors (Lipinski definition) is 3. The third kappa shape index (κ3) is 2.94. The third-order valence-electron chi connectivity index (χ3n) is 3.48. The molecule has 20 heavy (non-hydrogen) atoms.